The van der Waals surface area contributed by atoms with Gasteiger partial charge in [0.15, 0.2) is 0 Å². The lowest BCUT2D eigenvalue weighted by Crippen LogP contribution is -2.04. The third-order valence-electron chi connectivity index (χ3n) is 2.99. The smallest absolute Gasteiger partial charge is 0.416 e. The van der Waals surface area contributed by atoms with Crippen LogP contribution in [0.25, 0.3) is 11.1 Å². The van der Waals surface area contributed by atoms with Crippen LogP contribution in [0.5, 0.6) is 11.8 Å². The summed E-state index contributed by atoms with van der Waals surface area (Å²) in [6, 6.07) is 8.14. The first-order valence-electron chi connectivity index (χ1n) is 6.60. The van der Waals surface area contributed by atoms with E-state index in [0.29, 0.717) is 0 Å². The van der Waals surface area contributed by atoms with Gasteiger partial charge in [-0.15, -0.1) is 0 Å². The maximum absolute atomic E-state index is 12.7. The lowest BCUT2D eigenvalue weighted by Gasteiger charge is -2.09. The molecule has 0 amide bonds. The van der Waals surface area contributed by atoms with Crippen LogP contribution in [0.2, 0.25) is 0 Å². The number of rotatable bonds is 3. The lowest BCUT2D eigenvalue weighted by molar-refractivity contribution is -0.137. The minimum atomic E-state index is -4.43. The second-order valence-electron chi connectivity index (χ2n) is 4.62. The van der Waals surface area contributed by atoms with Gasteiger partial charge in [-0.2, -0.15) is 13.2 Å². The number of hydrogen-bond acceptors (Lipinski definition) is 4. The van der Waals surface area contributed by atoms with E-state index >= 15 is 0 Å². The summed E-state index contributed by atoms with van der Waals surface area (Å²) in [6.07, 6.45) is 1.92. The summed E-state index contributed by atoms with van der Waals surface area (Å²) in [4.78, 5) is 12.0. The second kappa shape index (κ2) is 6.04. The van der Waals surface area contributed by atoms with Gasteiger partial charge >= 0.3 is 12.2 Å². The Hall–Kier alpha value is -2.96. The molecule has 0 radical (unpaired) electrons. The van der Waals surface area contributed by atoms with Gasteiger partial charge in [0.2, 0.25) is 0 Å². The van der Waals surface area contributed by atoms with E-state index in [9.17, 15) is 13.2 Å². The zero-order valence-corrected chi connectivity index (χ0v) is 11.7. The average molecular weight is 317 g/mol. The van der Waals surface area contributed by atoms with E-state index in [-0.39, 0.29) is 11.8 Å². The van der Waals surface area contributed by atoms with E-state index in [0.717, 1.165) is 23.3 Å². The highest BCUT2D eigenvalue weighted by molar-refractivity contribution is 5.59. The molecule has 0 N–H and O–H groups in total. The van der Waals surface area contributed by atoms with E-state index in [2.05, 4.69) is 15.0 Å². The SMILES string of the molecule is FC(F)(F)c1cccc(Oc2ncc(-c3cccnc3)cn2)c1. The van der Waals surface area contributed by atoms with Gasteiger partial charge in [-0.1, -0.05) is 12.1 Å². The first-order chi connectivity index (χ1) is 11.0. The van der Waals surface area contributed by atoms with Crippen molar-refractivity contribution in [3.8, 4) is 22.9 Å². The van der Waals surface area contributed by atoms with Gasteiger partial charge in [0.05, 0.1) is 5.56 Å². The van der Waals surface area contributed by atoms with Gasteiger partial charge in [0, 0.05) is 35.9 Å². The largest absolute Gasteiger partial charge is 0.424 e. The molecule has 0 aliphatic heterocycles. The van der Waals surface area contributed by atoms with Crippen molar-refractivity contribution in [2.75, 3.05) is 0 Å². The van der Waals surface area contributed by atoms with Gasteiger partial charge in [0.1, 0.15) is 5.75 Å². The summed E-state index contributed by atoms with van der Waals surface area (Å²) < 4.78 is 43.2. The molecule has 0 unspecified atom stereocenters. The van der Waals surface area contributed by atoms with Crippen molar-refractivity contribution in [3.05, 3.63) is 66.7 Å². The topological polar surface area (TPSA) is 47.9 Å². The Labute approximate surface area is 129 Å². The minimum Gasteiger partial charge on any atom is -0.424 e. The van der Waals surface area contributed by atoms with Crippen molar-refractivity contribution >= 4 is 0 Å². The number of nitrogens with zero attached hydrogens (tertiary/aromatic N) is 3. The molecular formula is C16H10F3N3O. The van der Waals surface area contributed by atoms with Crippen molar-refractivity contribution in [1.82, 2.24) is 15.0 Å². The third kappa shape index (κ3) is 3.63. The number of aromatic nitrogens is 3. The van der Waals surface area contributed by atoms with Crippen molar-refractivity contribution < 1.29 is 17.9 Å². The average Bonchev–Trinajstić information content (AvgIpc) is 2.56. The van der Waals surface area contributed by atoms with E-state index in [4.69, 9.17) is 4.74 Å². The summed E-state index contributed by atoms with van der Waals surface area (Å²) in [6.45, 7) is 0. The molecular weight excluding hydrogens is 307 g/mol. The second-order valence-corrected chi connectivity index (χ2v) is 4.62. The van der Waals surface area contributed by atoms with Crippen LogP contribution in [0.1, 0.15) is 5.56 Å². The molecule has 7 heteroatoms. The Balaban J connectivity index is 1.79. The Kier molecular flexibility index (Phi) is 3.92. The summed E-state index contributed by atoms with van der Waals surface area (Å²) in [5.41, 5.74) is 0.773. The highest BCUT2D eigenvalue weighted by atomic mass is 19.4. The van der Waals surface area contributed by atoms with Gasteiger partial charge < -0.3 is 4.74 Å². The molecule has 1 aromatic carbocycles. The van der Waals surface area contributed by atoms with Crippen LogP contribution in [0, 0.1) is 0 Å². The standard InChI is InChI=1S/C16H10F3N3O/c17-16(18,19)13-4-1-5-14(7-13)23-15-21-9-12(10-22-15)11-3-2-6-20-8-11/h1-10H. The fourth-order valence-electron chi connectivity index (χ4n) is 1.89. The van der Waals surface area contributed by atoms with Crippen molar-refractivity contribution in [2.24, 2.45) is 0 Å². The lowest BCUT2D eigenvalue weighted by atomic mass is 10.2. The maximum atomic E-state index is 12.7. The number of alkyl halides is 3. The molecule has 2 heterocycles. The molecule has 3 aromatic rings. The molecule has 4 nitrogen and oxygen atoms in total. The fraction of sp³-hybridized carbons (Fsp3) is 0.0625. The highest BCUT2D eigenvalue weighted by Gasteiger charge is 2.30. The van der Waals surface area contributed by atoms with Gasteiger partial charge in [0.25, 0.3) is 0 Å². The molecule has 3 rings (SSSR count). The van der Waals surface area contributed by atoms with E-state index in [1.807, 2.05) is 6.07 Å². The molecule has 0 aliphatic rings. The zero-order chi connectivity index (χ0) is 16.3. The summed E-state index contributed by atoms with van der Waals surface area (Å²) in [5, 5.41) is 0. The molecule has 0 aliphatic carbocycles. The molecule has 0 bridgehead atoms. The quantitative estimate of drug-likeness (QED) is 0.720. The Bertz CT molecular complexity index is 790. The predicted molar refractivity (Wildman–Crippen MR) is 76.8 cm³/mol. The monoisotopic (exact) mass is 317 g/mol. The van der Waals surface area contributed by atoms with Crippen molar-refractivity contribution in [3.63, 3.8) is 0 Å². The fourth-order valence-corrected chi connectivity index (χ4v) is 1.89. The summed E-state index contributed by atoms with van der Waals surface area (Å²) >= 11 is 0. The highest BCUT2D eigenvalue weighted by Crippen LogP contribution is 2.32. The van der Waals surface area contributed by atoms with Gasteiger partial charge in [-0.25, -0.2) is 9.97 Å². The van der Waals surface area contributed by atoms with Crippen LogP contribution >= 0.6 is 0 Å². The van der Waals surface area contributed by atoms with Crippen LogP contribution in [0.4, 0.5) is 13.2 Å². The molecule has 2 aromatic heterocycles. The van der Waals surface area contributed by atoms with E-state index < -0.39 is 11.7 Å². The normalized spacial score (nSPS) is 11.3. The molecule has 0 spiro atoms. The van der Waals surface area contributed by atoms with Gasteiger partial charge in [-0.3, -0.25) is 4.98 Å². The van der Waals surface area contributed by atoms with Crippen LogP contribution in [-0.4, -0.2) is 15.0 Å². The van der Waals surface area contributed by atoms with E-state index in [1.165, 1.54) is 24.5 Å². The number of halogens is 3. The van der Waals surface area contributed by atoms with Crippen LogP contribution in [0.15, 0.2) is 61.2 Å². The van der Waals surface area contributed by atoms with Crippen LogP contribution in [-0.2, 0) is 6.18 Å². The zero-order valence-electron chi connectivity index (χ0n) is 11.7. The van der Waals surface area contributed by atoms with Crippen molar-refractivity contribution in [2.45, 2.75) is 6.18 Å². The molecule has 0 saturated heterocycles. The molecule has 0 fully saturated rings. The number of pyridine rings is 1. The molecule has 0 saturated carbocycles. The Morgan fingerprint density at radius 3 is 2.30 bits per heavy atom. The number of hydrogen-bond donors (Lipinski definition) is 0. The minimum absolute atomic E-state index is 0.0222. The van der Waals surface area contributed by atoms with Crippen molar-refractivity contribution in [1.29, 1.82) is 0 Å². The molecule has 0 atom stereocenters. The summed E-state index contributed by atoms with van der Waals surface area (Å²) in [5.74, 6) is 0.0222. The van der Waals surface area contributed by atoms with E-state index in [1.54, 1.807) is 18.5 Å². The predicted octanol–water partition coefficient (Wildman–Crippen LogP) is 4.35. The Morgan fingerprint density at radius 1 is 0.870 bits per heavy atom. The first-order valence-corrected chi connectivity index (χ1v) is 6.60. The maximum Gasteiger partial charge on any atom is 0.416 e. The molecule has 23 heavy (non-hydrogen) atoms. The first kappa shape index (κ1) is 15.0. The Morgan fingerprint density at radius 2 is 1.65 bits per heavy atom. The summed E-state index contributed by atoms with van der Waals surface area (Å²) in [7, 11) is 0. The third-order valence-corrected chi connectivity index (χ3v) is 2.99. The van der Waals surface area contributed by atoms with Gasteiger partial charge in [-0.05, 0) is 24.3 Å². The molecule has 116 valence electrons. The number of benzene rings is 1. The number of ether oxygens (including phenoxy) is 1. The van der Waals surface area contributed by atoms with Crippen LogP contribution < -0.4 is 4.74 Å². The van der Waals surface area contributed by atoms with Crippen LogP contribution in [0.3, 0.4) is 0 Å².